The largest absolute Gasteiger partial charge is 0.376 e. The SMILES string of the molecule is CN1CCN(c2ccc(Nc3cnnc(NCC4CCCO4)n3)cc2)CC1. The maximum atomic E-state index is 5.61. The normalized spacial score (nSPS) is 20.6. The first-order valence-corrected chi connectivity index (χ1v) is 9.62. The van der Waals surface area contributed by atoms with E-state index in [4.69, 9.17) is 4.74 Å². The standard InChI is InChI=1S/C19H27N7O/c1-25-8-10-26(11-9-25)16-6-4-15(5-7-16)22-18-14-21-24-19(23-18)20-13-17-3-2-12-27-17/h4-7,14,17H,2-3,8-13H2,1H3,(H2,20,22,23,24). The molecule has 1 atom stereocenters. The van der Waals surface area contributed by atoms with Gasteiger partial charge in [-0.15, -0.1) is 5.10 Å². The molecule has 1 unspecified atom stereocenters. The molecule has 3 heterocycles. The van der Waals surface area contributed by atoms with Crippen LogP contribution in [0.25, 0.3) is 0 Å². The van der Waals surface area contributed by atoms with E-state index < -0.39 is 0 Å². The van der Waals surface area contributed by atoms with E-state index in [-0.39, 0.29) is 6.10 Å². The van der Waals surface area contributed by atoms with Crippen LogP contribution in [0.2, 0.25) is 0 Å². The Balaban J connectivity index is 1.33. The number of rotatable bonds is 6. The van der Waals surface area contributed by atoms with Crippen LogP contribution in [0.15, 0.2) is 30.5 Å². The van der Waals surface area contributed by atoms with Crippen molar-refractivity contribution in [3.8, 4) is 0 Å². The minimum atomic E-state index is 0.243. The van der Waals surface area contributed by atoms with E-state index >= 15 is 0 Å². The number of nitrogens with one attached hydrogen (secondary N) is 2. The van der Waals surface area contributed by atoms with Gasteiger partial charge in [-0.25, -0.2) is 0 Å². The Hall–Kier alpha value is -2.45. The van der Waals surface area contributed by atoms with Crippen LogP contribution in [-0.4, -0.2) is 72.6 Å². The first kappa shape index (κ1) is 17.9. The molecule has 8 heteroatoms. The van der Waals surface area contributed by atoms with Crippen LogP contribution in [-0.2, 0) is 4.74 Å². The second-order valence-corrected chi connectivity index (χ2v) is 7.14. The first-order valence-electron chi connectivity index (χ1n) is 9.62. The fraction of sp³-hybridized carbons (Fsp3) is 0.526. The van der Waals surface area contributed by atoms with Crippen LogP contribution in [0.3, 0.4) is 0 Å². The van der Waals surface area contributed by atoms with Gasteiger partial charge in [0.1, 0.15) is 0 Å². The summed E-state index contributed by atoms with van der Waals surface area (Å²) >= 11 is 0. The van der Waals surface area contributed by atoms with Crippen molar-refractivity contribution in [3.05, 3.63) is 30.5 Å². The number of anilines is 4. The van der Waals surface area contributed by atoms with Crippen molar-refractivity contribution in [1.82, 2.24) is 20.1 Å². The number of hydrogen-bond donors (Lipinski definition) is 2. The molecule has 2 aliphatic rings. The van der Waals surface area contributed by atoms with Crippen LogP contribution < -0.4 is 15.5 Å². The molecule has 0 aliphatic carbocycles. The van der Waals surface area contributed by atoms with Gasteiger partial charge in [-0.3, -0.25) is 0 Å². The zero-order valence-corrected chi connectivity index (χ0v) is 15.8. The molecule has 2 aliphatic heterocycles. The Morgan fingerprint density at radius 2 is 1.96 bits per heavy atom. The van der Waals surface area contributed by atoms with Gasteiger partial charge in [0, 0.05) is 50.7 Å². The second-order valence-electron chi connectivity index (χ2n) is 7.14. The average Bonchev–Trinajstić information content (AvgIpc) is 3.22. The highest BCUT2D eigenvalue weighted by atomic mass is 16.5. The Morgan fingerprint density at radius 1 is 1.15 bits per heavy atom. The van der Waals surface area contributed by atoms with Crippen LogP contribution in [0, 0.1) is 0 Å². The summed E-state index contributed by atoms with van der Waals surface area (Å²) < 4.78 is 5.61. The summed E-state index contributed by atoms with van der Waals surface area (Å²) in [6, 6.07) is 8.46. The zero-order chi connectivity index (χ0) is 18.5. The van der Waals surface area contributed by atoms with Gasteiger partial charge in [0.2, 0.25) is 5.95 Å². The van der Waals surface area contributed by atoms with Crippen molar-refractivity contribution in [3.63, 3.8) is 0 Å². The molecule has 4 rings (SSSR count). The quantitative estimate of drug-likeness (QED) is 0.800. The fourth-order valence-electron chi connectivity index (χ4n) is 3.42. The third-order valence-electron chi connectivity index (χ3n) is 5.08. The summed E-state index contributed by atoms with van der Waals surface area (Å²) in [7, 11) is 2.17. The number of aromatic nitrogens is 3. The van der Waals surface area contributed by atoms with Gasteiger partial charge in [0.05, 0.1) is 12.3 Å². The van der Waals surface area contributed by atoms with E-state index in [1.165, 1.54) is 5.69 Å². The van der Waals surface area contributed by atoms with Crippen molar-refractivity contribution >= 4 is 23.1 Å². The van der Waals surface area contributed by atoms with Crippen molar-refractivity contribution in [2.24, 2.45) is 0 Å². The molecule has 0 amide bonds. The molecule has 1 aromatic carbocycles. The van der Waals surface area contributed by atoms with Gasteiger partial charge >= 0.3 is 0 Å². The smallest absolute Gasteiger partial charge is 0.244 e. The molecule has 2 fully saturated rings. The molecule has 2 saturated heterocycles. The summed E-state index contributed by atoms with van der Waals surface area (Å²) in [5.74, 6) is 1.19. The van der Waals surface area contributed by atoms with Crippen LogP contribution in [0.5, 0.6) is 0 Å². The maximum absolute atomic E-state index is 5.61. The zero-order valence-electron chi connectivity index (χ0n) is 15.8. The van der Waals surface area contributed by atoms with Crippen molar-refractivity contribution < 1.29 is 4.74 Å². The number of piperazine rings is 1. The predicted molar refractivity (Wildman–Crippen MR) is 107 cm³/mol. The number of likely N-dealkylation sites (N-methyl/N-ethyl adjacent to an activating group) is 1. The highest BCUT2D eigenvalue weighted by Crippen LogP contribution is 2.21. The molecule has 0 spiro atoms. The number of hydrogen-bond acceptors (Lipinski definition) is 8. The summed E-state index contributed by atoms with van der Waals surface area (Å²) in [5.41, 5.74) is 2.24. The lowest BCUT2D eigenvalue weighted by Crippen LogP contribution is -2.44. The molecule has 0 saturated carbocycles. The number of benzene rings is 1. The topological polar surface area (TPSA) is 78.4 Å². The fourth-order valence-corrected chi connectivity index (χ4v) is 3.42. The van der Waals surface area contributed by atoms with Crippen molar-refractivity contribution in [1.29, 1.82) is 0 Å². The number of ether oxygens (including phenoxy) is 1. The summed E-state index contributed by atoms with van der Waals surface area (Å²) in [6.07, 6.45) is 4.08. The second kappa shape index (κ2) is 8.49. The van der Waals surface area contributed by atoms with Gasteiger partial charge in [-0.1, -0.05) is 0 Å². The lowest BCUT2D eigenvalue weighted by atomic mass is 10.2. The van der Waals surface area contributed by atoms with Gasteiger partial charge in [-0.05, 0) is 44.2 Å². The summed E-state index contributed by atoms with van der Waals surface area (Å²) in [5, 5.41) is 14.6. The van der Waals surface area contributed by atoms with E-state index in [0.29, 0.717) is 18.3 Å². The minimum absolute atomic E-state index is 0.243. The molecule has 144 valence electrons. The molecule has 27 heavy (non-hydrogen) atoms. The molecule has 2 aromatic rings. The van der Waals surface area contributed by atoms with Gasteiger partial charge in [-0.2, -0.15) is 10.1 Å². The van der Waals surface area contributed by atoms with Crippen molar-refractivity contribution in [2.75, 3.05) is 61.9 Å². The third-order valence-corrected chi connectivity index (χ3v) is 5.08. The Morgan fingerprint density at radius 3 is 2.70 bits per heavy atom. The lowest BCUT2D eigenvalue weighted by molar-refractivity contribution is 0.120. The summed E-state index contributed by atoms with van der Waals surface area (Å²) in [4.78, 5) is 9.26. The Bertz CT molecular complexity index is 725. The van der Waals surface area contributed by atoms with Gasteiger partial charge < -0.3 is 25.2 Å². The highest BCUT2D eigenvalue weighted by molar-refractivity contribution is 5.61. The maximum Gasteiger partial charge on any atom is 0.244 e. The Labute approximate surface area is 159 Å². The van der Waals surface area contributed by atoms with Crippen molar-refractivity contribution in [2.45, 2.75) is 18.9 Å². The van der Waals surface area contributed by atoms with Gasteiger partial charge in [0.25, 0.3) is 0 Å². The molecule has 1 aromatic heterocycles. The molecular weight excluding hydrogens is 342 g/mol. The van der Waals surface area contributed by atoms with E-state index in [1.54, 1.807) is 6.20 Å². The predicted octanol–water partition coefficient (Wildman–Crippen LogP) is 1.96. The molecular formula is C19H27N7O. The number of nitrogens with zero attached hydrogens (tertiary/aromatic N) is 5. The molecule has 8 nitrogen and oxygen atoms in total. The molecule has 2 N–H and O–H groups in total. The highest BCUT2D eigenvalue weighted by Gasteiger charge is 2.16. The lowest BCUT2D eigenvalue weighted by Gasteiger charge is -2.34. The molecule has 0 radical (unpaired) electrons. The Kier molecular flexibility index (Phi) is 5.64. The van der Waals surface area contributed by atoms with Gasteiger partial charge in [0.15, 0.2) is 5.82 Å². The van der Waals surface area contributed by atoms with Crippen LogP contribution >= 0.6 is 0 Å². The molecule has 0 bridgehead atoms. The summed E-state index contributed by atoms with van der Waals surface area (Å²) in [6.45, 7) is 5.91. The monoisotopic (exact) mass is 369 g/mol. The van der Waals surface area contributed by atoms with E-state index in [1.807, 2.05) is 0 Å². The van der Waals surface area contributed by atoms with Crippen LogP contribution in [0.4, 0.5) is 23.1 Å². The average molecular weight is 369 g/mol. The minimum Gasteiger partial charge on any atom is -0.376 e. The first-order chi connectivity index (χ1) is 13.3. The van der Waals surface area contributed by atoms with E-state index in [9.17, 15) is 0 Å². The van der Waals surface area contributed by atoms with E-state index in [0.717, 1.165) is 51.3 Å². The van der Waals surface area contributed by atoms with E-state index in [2.05, 4.69) is 66.9 Å². The van der Waals surface area contributed by atoms with Crippen LogP contribution in [0.1, 0.15) is 12.8 Å². The third kappa shape index (κ3) is 4.84.